The van der Waals surface area contributed by atoms with Gasteiger partial charge in [0.15, 0.2) is 0 Å². The van der Waals surface area contributed by atoms with Gasteiger partial charge >= 0.3 is 0 Å². The van der Waals surface area contributed by atoms with Crippen LogP contribution in [0.25, 0.3) is 0 Å². The van der Waals surface area contributed by atoms with Gasteiger partial charge < -0.3 is 15.0 Å². The molecule has 1 aliphatic rings. The second kappa shape index (κ2) is 7.70. The molecule has 6 heteroatoms. The smallest absolute Gasteiger partial charge is 0.227 e. The number of benzene rings is 2. The molecule has 1 aliphatic heterocycles. The molecule has 0 saturated carbocycles. The summed E-state index contributed by atoms with van der Waals surface area (Å²) >= 11 is 3.41. The topological polar surface area (TPSA) is 58.6 Å². The van der Waals surface area contributed by atoms with Crippen molar-refractivity contribution in [3.05, 3.63) is 58.6 Å². The highest BCUT2D eigenvalue weighted by molar-refractivity contribution is 9.10. The molecule has 1 fully saturated rings. The number of methoxy groups -OCH3 is 1. The van der Waals surface area contributed by atoms with Gasteiger partial charge in [-0.15, -0.1) is 0 Å². The molecule has 3 rings (SSSR count). The van der Waals surface area contributed by atoms with E-state index in [0.29, 0.717) is 13.1 Å². The largest absolute Gasteiger partial charge is 0.497 e. The lowest BCUT2D eigenvalue weighted by atomic mass is 10.1. The third-order valence-corrected chi connectivity index (χ3v) is 4.73. The van der Waals surface area contributed by atoms with E-state index in [0.717, 1.165) is 21.5 Å². The van der Waals surface area contributed by atoms with Crippen LogP contribution in [0.3, 0.4) is 0 Å². The van der Waals surface area contributed by atoms with Crippen molar-refractivity contribution >= 4 is 33.4 Å². The van der Waals surface area contributed by atoms with E-state index >= 15 is 0 Å². The average molecular weight is 403 g/mol. The van der Waals surface area contributed by atoms with Crippen LogP contribution in [-0.2, 0) is 16.1 Å². The summed E-state index contributed by atoms with van der Waals surface area (Å²) in [5, 5.41) is 2.92. The van der Waals surface area contributed by atoms with Crippen molar-refractivity contribution in [2.24, 2.45) is 5.92 Å². The van der Waals surface area contributed by atoms with E-state index in [2.05, 4.69) is 21.2 Å². The maximum Gasteiger partial charge on any atom is 0.227 e. The Balaban J connectivity index is 1.60. The molecule has 25 heavy (non-hydrogen) atoms. The van der Waals surface area contributed by atoms with Gasteiger partial charge in [-0.25, -0.2) is 0 Å². The maximum absolute atomic E-state index is 12.4. The van der Waals surface area contributed by atoms with Crippen molar-refractivity contribution < 1.29 is 14.3 Å². The molecule has 5 nitrogen and oxygen atoms in total. The number of rotatable bonds is 5. The van der Waals surface area contributed by atoms with Gasteiger partial charge in [0.2, 0.25) is 11.8 Å². The highest BCUT2D eigenvalue weighted by atomic mass is 79.9. The fraction of sp³-hybridized carbons (Fsp3) is 0.263. The van der Waals surface area contributed by atoms with Crippen LogP contribution in [0.5, 0.6) is 5.75 Å². The van der Waals surface area contributed by atoms with Gasteiger partial charge in [0, 0.05) is 29.7 Å². The molecule has 0 aromatic heterocycles. The normalized spacial score (nSPS) is 16.8. The van der Waals surface area contributed by atoms with Crippen molar-refractivity contribution in [1.29, 1.82) is 0 Å². The zero-order valence-corrected chi connectivity index (χ0v) is 15.5. The number of ether oxygens (including phenoxy) is 1. The lowest BCUT2D eigenvalue weighted by Gasteiger charge is -2.17. The SMILES string of the molecule is COc1ccc(N2C[C@H](C(=O)NCc3cccc(Br)c3)CC2=O)cc1. The van der Waals surface area contributed by atoms with Crippen LogP contribution < -0.4 is 15.0 Å². The summed E-state index contributed by atoms with van der Waals surface area (Å²) in [7, 11) is 1.60. The summed E-state index contributed by atoms with van der Waals surface area (Å²) in [6.07, 6.45) is 0.232. The van der Waals surface area contributed by atoms with Crippen molar-refractivity contribution in [2.45, 2.75) is 13.0 Å². The summed E-state index contributed by atoms with van der Waals surface area (Å²) in [5.74, 6) is 0.276. The quantitative estimate of drug-likeness (QED) is 0.835. The fourth-order valence-electron chi connectivity index (χ4n) is 2.88. The first-order valence-electron chi connectivity index (χ1n) is 8.03. The Labute approximate surface area is 155 Å². The van der Waals surface area contributed by atoms with E-state index in [1.807, 2.05) is 48.5 Å². The van der Waals surface area contributed by atoms with Crippen LogP contribution in [0, 0.1) is 5.92 Å². The Morgan fingerprint density at radius 2 is 2.04 bits per heavy atom. The average Bonchev–Trinajstić information content (AvgIpc) is 3.02. The fourth-order valence-corrected chi connectivity index (χ4v) is 3.32. The third kappa shape index (κ3) is 4.20. The Morgan fingerprint density at radius 1 is 1.28 bits per heavy atom. The molecule has 2 aromatic carbocycles. The number of hydrogen-bond acceptors (Lipinski definition) is 3. The number of amides is 2. The monoisotopic (exact) mass is 402 g/mol. The Morgan fingerprint density at radius 3 is 2.72 bits per heavy atom. The van der Waals surface area contributed by atoms with E-state index in [1.165, 1.54) is 0 Å². The number of carbonyl (C=O) groups excluding carboxylic acids is 2. The summed E-state index contributed by atoms with van der Waals surface area (Å²) in [5.41, 5.74) is 1.80. The minimum atomic E-state index is -0.332. The lowest BCUT2D eigenvalue weighted by Crippen LogP contribution is -2.32. The van der Waals surface area contributed by atoms with Crippen LogP contribution in [-0.4, -0.2) is 25.5 Å². The molecule has 0 aliphatic carbocycles. The molecule has 0 unspecified atom stereocenters. The molecule has 1 N–H and O–H groups in total. The molecule has 0 spiro atoms. The van der Waals surface area contributed by atoms with E-state index in [9.17, 15) is 9.59 Å². The number of carbonyl (C=O) groups is 2. The van der Waals surface area contributed by atoms with Crippen LogP contribution in [0.2, 0.25) is 0 Å². The van der Waals surface area contributed by atoms with E-state index < -0.39 is 0 Å². The van der Waals surface area contributed by atoms with Crippen LogP contribution in [0.15, 0.2) is 53.0 Å². The third-order valence-electron chi connectivity index (χ3n) is 4.24. The number of nitrogens with zero attached hydrogens (tertiary/aromatic N) is 1. The van der Waals surface area contributed by atoms with Gasteiger partial charge in [0.25, 0.3) is 0 Å². The molecule has 1 atom stereocenters. The first kappa shape index (κ1) is 17.5. The van der Waals surface area contributed by atoms with Gasteiger partial charge in [-0.2, -0.15) is 0 Å². The molecule has 1 heterocycles. The van der Waals surface area contributed by atoms with Gasteiger partial charge in [0.1, 0.15) is 5.75 Å². The minimum Gasteiger partial charge on any atom is -0.497 e. The summed E-state index contributed by atoms with van der Waals surface area (Å²) < 4.78 is 6.10. The molecule has 0 bridgehead atoms. The summed E-state index contributed by atoms with van der Waals surface area (Å²) in [6, 6.07) is 15.1. The van der Waals surface area contributed by atoms with Gasteiger partial charge in [-0.05, 0) is 42.0 Å². The van der Waals surface area contributed by atoms with Crippen molar-refractivity contribution in [1.82, 2.24) is 5.32 Å². The first-order valence-corrected chi connectivity index (χ1v) is 8.82. The predicted octanol–water partition coefficient (Wildman–Crippen LogP) is 3.13. The molecular formula is C19H19BrN2O3. The Hall–Kier alpha value is -2.34. The van der Waals surface area contributed by atoms with Crippen LogP contribution in [0.4, 0.5) is 5.69 Å². The van der Waals surface area contributed by atoms with Crippen molar-refractivity contribution in [3.63, 3.8) is 0 Å². The number of anilines is 1. The number of halogens is 1. The Bertz CT molecular complexity index is 776. The van der Waals surface area contributed by atoms with Gasteiger partial charge in [0.05, 0.1) is 13.0 Å². The molecule has 1 saturated heterocycles. The van der Waals surface area contributed by atoms with E-state index in [4.69, 9.17) is 4.74 Å². The maximum atomic E-state index is 12.4. The van der Waals surface area contributed by atoms with Gasteiger partial charge in [-0.3, -0.25) is 9.59 Å². The molecule has 130 valence electrons. The molecule has 2 amide bonds. The summed E-state index contributed by atoms with van der Waals surface area (Å²) in [4.78, 5) is 26.3. The van der Waals surface area contributed by atoms with Crippen LogP contribution in [0.1, 0.15) is 12.0 Å². The zero-order valence-electron chi connectivity index (χ0n) is 13.9. The zero-order chi connectivity index (χ0) is 17.8. The van der Waals surface area contributed by atoms with Crippen molar-refractivity contribution in [3.8, 4) is 5.75 Å². The number of nitrogens with one attached hydrogen (secondary N) is 1. The highest BCUT2D eigenvalue weighted by Gasteiger charge is 2.34. The standard InChI is InChI=1S/C19H19BrN2O3/c1-25-17-7-5-16(6-8-17)22-12-14(10-18(22)23)19(24)21-11-13-3-2-4-15(20)9-13/h2-9,14H,10-12H2,1H3,(H,21,24)/t14-/m1/s1. The predicted molar refractivity (Wildman–Crippen MR) is 99.4 cm³/mol. The minimum absolute atomic E-state index is 0.0345. The highest BCUT2D eigenvalue weighted by Crippen LogP contribution is 2.27. The van der Waals surface area contributed by atoms with Crippen molar-refractivity contribution in [2.75, 3.05) is 18.6 Å². The lowest BCUT2D eigenvalue weighted by molar-refractivity contribution is -0.126. The van der Waals surface area contributed by atoms with E-state index in [-0.39, 0.29) is 24.2 Å². The molecule has 2 aromatic rings. The van der Waals surface area contributed by atoms with Crippen LogP contribution >= 0.6 is 15.9 Å². The second-order valence-corrected chi connectivity index (χ2v) is 6.87. The van der Waals surface area contributed by atoms with E-state index in [1.54, 1.807) is 12.0 Å². The number of hydrogen-bond donors (Lipinski definition) is 1. The van der Waals surface area contributed by atoms with Gasteiger partial charge in [-0.1, -0.05) is 28.1 Å². The molecular weight excluding hydrogens is 384 g/mol. The second-order valence-electron chi connectivity index (χ2n) is 5.95. The molecule has 0 radical (unpaired) electrons. The first-order chi connectivity index (χ1) is 12.1. The summed E-state index contributed by atoms with van der Waals surface area (Å²) in [6.45, 7) is 0.848. The Kier molecular flexibility index (Phi) is 5.38.